The smallest absolute Gasteiger partial charge is 0.337 e. The van der Waals surface area contributed by atoms with E-state index < -0.39 is 22.6 Å². The van der Waals surface area contributed by atoms with Crippen LogP contribution in [-0.4, -0.2) is 20.7 Å². The van der Waals surface area contributed by atoms with Crippen molar-refractivity contribution in [1.29, 1.82) is 0 Å². The van der Waals surface area contributed by atoms with Crippen LogP contribution >= 0.6 is 15.9 Å². The average Bonchev–Trinajstić information content (AvgIpc) is 3.64. The fourth-order valence-corrected chi connectivity index (χ4v) is 4.42. The van der Waals surface area contributed by atoms with Gasteiger partial charge in [-0.2, -0.15) is 0 Å². The van der Waals surface area contributed by atoms with Gasteiger partial charge in [-0.25, -0.2) is 13.8 Å². The van der Waals surface area contributed by atoms with E-state index in [1.165, 1.54) is 38.9 Å². The molecule has 0 bridgehead atoms. The van der Waals surface area contributed by atoms with Crippen LogP contribution < -0.4 is 27.4 Å². The van der Waals surface area contributed by atoms with Crippen LogP contribution in [-0.2, 0) is 7.05 Å². The summed E-state index contributed by atoms with van der Waals surface area (Å²) in [6.07, 6.45) is 1.43. The Bertz CT molecular complexity index is 1640. The number of rotatable bonds is 5. The van der Waals surface area contributed by atoms with E-state index in [-0.39, 0.29) is 28.5 Å². The maximum Gasteiger partial charge on any atom is 0.337 e. The fourth-order valence-electron chi connectivity index (χ4n) is 4.09. The van der Waals surface area contributed by atoms with Crippen LogP contribution in [0.4, 0.5) is 21.5 Å². The van der Waals surface area contributed by atoms with Gasteiger partial charge < -0.3 is 10.6 Å². The molecule has 0 saturated heterocycles. The third-order valence-corrected chi connectivity index (χ3v) is 6.45. The van der Waals surface area contributed by atoms with E-state index in [1.807, 2.05) is 6.07 Å². The van der Waals surface area contributed by atoms with Crippen LogP contribution in [0.15, 0.2) is 67.4 Å². The van der Waals surface area contributed by atoms with Crippen LogP contribution in [0.3, 0.4) is 0 Å². The number of benzene rings is 2. The molecule has 5 rings (SSSR count). The molecule has 2 heterocycles. The minimum atomic E-state index is -0.555. The average molecular weight is 526 g/mol. The summed E-state index contributed by atoms with van der Waals surface area (Å²) in [6, 6.07) is 12.6. The van der Waals surface area contributed by atoms with Gasteiger partial charge in [0.2, 0.25) is 0 Å². The Morgan fingerprint density at radius 1 is 1.03 bits per heavy atom. The number of hydrogen-bond donors (Lipinski definition) is 2. The van der Waals surface area contributed by atoms with Gasteiger partial charge in [0, 0.05) is 36.4 Å². The van der Waals surface area contributed by atoms with Crippen molar-refractivity contribution < 1.29 is 4.39 Å². The first-order valence-electron chi connectivity index (χ1n) is 10.7. The van der Waals surface area contributed by atoms with Gasteiger partial charge in [0.1, 0.15) is 16.9 Å². The lowest BCUT2D eigenvalue weighted by molar-refractivity contribution is 0.630. The molecule has 1 aliphatic carbocycles. The summed E-state index contributed by atoms with van der Waals surface area (Å²) in [4.78, 5) is 40.2. The maximum atomic E-state index is 14.6. The Labute approximate surface area is 201 Å². The normalized spacial score (nSPS) is 13.3. The first-order chi connectivity index (χ1) is 16.3. The zero-order chi connectivity index (χ0) is 24.1. The Balaban J connectivity index is 1.90. The van der Waals surface area contributed by atoms with E-state index in [1.54, 1.807) is 31.3 Å². The molecule has 2 N–H and O–H groups in total. The molecular weight excluding hydrogens is 505 g/mol. The molecule has 0 unspecified atom stereocenters. The summed E-state index contributed by atoms with van der Waals surface area (Å²) < 4.78 is 19.0. The first kappa shape index (κ1) is 22.1. The van der Waals surface area contributed by atoms with Gasteiger partial charge in [-0.1, -0.05) is 22.0 Å². The van der Waals surface area contributed by atoms with Crippen molar-refractivity contribution in [1.82, 2.24) is 13.7 Å². The molecule has 0 amide bonds. The number of anilines is 3. The van der Waals surface area contributed by atoms with Crippen molar-refractivity contribution >= 4 is 44.0 Å². The molecule has 0 aliphatic heterocycles. The van der Waals surface area contributed by atoms with E-state index in [9.17, 15) is 18.8 Å². The standard InChI is InChI=1S/C24H21BrFN5O3/c1-27-14-4-3-5-16(11-14)30-22-21(23(33)31(24(30)34)15-7-8-15)19(12-20(32)29(22)2)28-18-9-6-13(25)10-17(18)26/h3-6,9-12,15,27-28H,7-8H2,1-2H3. The van der Waals surface area contributed by atoms with Crippen molar-refractivity contribution in [2.24, 2.45) is 7.05 Å². The van der Waals surface area contributed by atoms with Gasteiger partial charge >= 0.3 is 5.69 Å². The number of hydrogen-bond acceptors (Lipinski definition) is 5. The van der Waals surface area contributed by atoms with Crippen LogP contribution in [0.5, 0.6) is 0 Å². The second-order valence-corrected chi connectivity index (χ2v) is 9.14. The first-order valence-corrected chi connectivity index (χ1v) is 11.5. The molecule has 34 heavy (non-hydrogen) atoms. The van der Waals surface area contributed by atoms with E-state index in [2.05, 4.69) is 26.6 Å². The Morgan fingerprint density at radius 2 is 1.79 bits per heavy atom. The van der Waals surface area contributed by atoms with Gasteiger partial charge in [0.25, 0.3) is 11.1 Å². The van der Waals surface area contributed by atoms with Gasteiger partial charge in [-0.05, 0) is 49.2 Å². The molecule has 4 aromatic rings. The van der Waals surface area contributed by atoms with Crippen molar-refractivity contribution in [3.8, 4) is 5.69 Å². The highest BCUT2D eigenvalue weighted by molar-refractivity contribution is 9.10. The van der Waals surface area contributed by atoms with E-state index in [4.69, 9.17) is 0 Å². The summed E-state index contributed by atoms with van der Waals surface area (Å²) in [6.45, 7) is 0. The highest BCUT2D eigenvalue weighted by Crippen LogP contribution is 2.34. The number of nitrogens with zero attached hydrogens (tertiary/aromatic N) is 3. The van der Waals surface area contributed by atoms with Crippen molar-refractivity contribution in [3.05, 3.63) is 90.0 Å². The predicted octanol–water partition coefficient (Wildman–Crippen LogP) is 3.87. The lowest BCUT2D eigenvalue weighted by Crippen LogP contribution is -2.41. The number of pyridine rings is 1. The molecule has 0 atom stereocenters. The van der Waals surface area contributed by atoms with E-state index in [0.29, 0.717) is 23.0 Å². The summed E-state index contributed by atoms with van der Waals surface area (Å²) >= 11 is 3.22. The van der Waals surface area contributed by atoms with Crippen LogP contribution in [0.2, 0.25) is 0 Å². The van der Waals surface area contributed by atoms with Gasteiger partial charge in [0.15, 0.2) is 0 Å². The van der Waals surface area contributed by atoms with Gasteiger partial charge in [-0.15, -0.1) is 0 Å². The summed E-state index contributed by atoms with van der Waals surface area (Å²) in [5.41, 5.74) is 0.148. The maximum absolute atomic E-state index is 14.6. The largest absolute Gasteiger partial charge is 0.388 e. The SMILES string of the molecule is CNc1cccc(-n2c(=O)n(C3CC3)c(=O)c3c(Nc4ccc(Br)cc4F)cc(=O)n(C)c32)c1. The second-order valence-electron chi connectivity index (χ2n) is 8.23. The fraction of sp³-hybridized carbons (Fsp3) is 0.208. The Hall–Kier alpha value is -3.66. The monoisotopic (exact) mass is 525 g/mol. The highest BCUT2D eigenvalue weighted by Gasteiger charge is 2.31. The van der Waals surface area contributed by atoms with Gasteiger partial charge in [0.05, 0.1) is 17.1 Å². The topological polar surface area (TPSA) is 90.1 Å². The predicted molar refractivity (Wildman–Crippen MR) is 134 cm³/mol. The molecule has 2 aromatic carbocycles. The third kappa shape index (κ3) is 3.63. The van der Waals surface area contributed by atoms with Crippen molar-refractivity contribution in [2.75, 3.05) is 17.7 Å². The lowest BCUT2D eigenvalue weighted by Gasteiger charge is -2.19. The number of aryl methyl sites for hydroxylation is 1. The Morgan fingerprint density at radius 3 is 2.47 bits per heavy atom. The number of aromatic nitrogens is 3. The third-order valence-electron chi connectivity index (χ3n) is 5.96. The minimum absolute atomic E-state index is 0.102. The molecule has 1 fully saturated rings. The molecular formula is C24H21BrFN5O3. The Kier molecular flexibility index (Phi) is 5.40. The molecule has 2 aromatic heterocycles. The summed E-state index contributed by atoms with van der Waals surface area (Å²) in [7, 11) is 3.27. The van der Waals surface area contributed by atoms with E-state index >= 15 is 0 Å². The second kappa shape index (κ2) is 8.28. The highest BCUT2D eigenvalue weighted by atomic mass is 79.9. The van der Waals surface area contributed by atoms with Gasteiger partial charge in [-0.3, -0.25) is 18.7 Å². The molecule has 10 heteroatoms. The molecule has 0 spiro atoms. The molecule has 174 valence electrons. The van der Waals surface area contributed by atoms with Crippen LogP contribution in [0.25, 0.3) is 16.7 Å². The molecule has 1 saturated carbocycles. The van der Waals surface area contributed by atoms with Crippen molar-refractivity contribution in [2.45, 2.75) is 18.9 Å². The van der Waals surface area contributed by atoms with Crippen LogP contribution in [0.1, 0.15) is 18.9 Å². The summed E-state index contributed by atoms with van der Waals surface area (Å²) in [5.74, 6) is -0.555. The van der Waals surface area contributed by atoms with Crippen LogP contribution in [0, 0.1) is 5.82 Å². The zero-order valence-electron chi connectivity index (χ0n) is 18.4. The lowest BCUT2D eigenvalue weighted by atomic mass is 10.2. The zero-order valence-corrected chi connectivity index (χ0v) is 20.0. The molecule has 8 nitrogen and oxygen atoms in total. The quantitative estimate of drug-likeness (QED) is 0.412. The van der Waals surface area contributed by atoms with E-state index in [0.717, 1.165) is 5.69 Å². The number of halogens is 2. The molecule has 1 aliphatic rings. The number of nitrogens with one attached hydrogen (secondary N) is 2. The summed E-state index contributed by atoms with van der Waals surface area (Å²) in [5, 5.41) is 6.07. The molecule has 0 radical (unpaired) electrons. The minimum Gasteiger partial charge on any atom is -0.388 e. The number of fused-ring (bicyclic) bond motifs is 1. The van der Waals surface area contributed by atoms with Crippen molar-refractivity contribution in [3.63, 3.8) is 0 Å².